The summed E-state index contributed by atoms with van der Waals surface area (Å²) in [7, 11) is 2.11. The van der Waals surface area contributed by atoms with Crippen LogP contribution in [0.4, 0.5) is 0 Å². The number of benzene rings is 1. The lowest BCUT2D eigenvalue weighted by molar-refractivity contribution is 0.511. The third-order valence-corrected chi connectivity index (χ3v) is 6.06. The van der Waals surface area contributed by atoms with Gasteiger partial charge in [-0.2, -0.15) is 11.8 Å². The summed E-state index contributed by atoms with van der Waals surface area (Å²) in [5.41, 5.74) is 3.10. The number of thioether (sulfide) groups is 1. The Morgan fingerprint density at radius 3 is 2.67 bits per heavy atom. The topological polar surface area (TPSA) is 12.0 Å². The fourth-order valence-corrected chi connectivity index (χ4v) is 5.29. The van der Waals surface area contributed by atoms with Gasteiger partial charge in [-0.3, -0.25) is 0 Å². The van der Waals surface area contributed by atoms with E-state index in [0.717, 1.165) is 10.5 Å². The Balaban J connectivity index is 1.70. The molecule has 1 aromatic rings. The Morgan fingerprint density at radius 1 is 1.11 bits per heavy atom. The highest BCUT2D eigenvalue weighted by atomic mass is 32.2. The third-order valence-electron chi connectivity index (χ3n) is 4.41. The van der Waals surface area contributed by atoms with Gasteiger partial charge in [0, 0.05) is 16.5 Å². The average Bonchev–Trinajstić information content (AvgIpc) is 2.77. The first kappa shape index (κ1) is 12.6. The van der Waals surface area contributed by atoms with E-state index < -0.39 is 0 Å². The van der Waals surface area contributed by atoms with Crippen molar-refractivity contribution in [2.24, 2.45) is 0 Å². The number of rotatable bonds is 3. The van der Waals surface area contributed by atoms with Crippen LogP contribution in [-0.4, -0.2) is 17.5 Å². The number of fused-ring (bicyclic) bond motifs is 1. The number of hydrogen-bond donors (Lipinski definition) is 1. The second kappa shape index (κ2) is 5.66. The van der Waals surface area contributed by atoms with E-state index in [-0.39, 0.29) is 0 Å². The molecule has 3 rings (SSSR count). The van der Waals surface area contributed by atoms with E-state index in [9.17, 15) is 0 Å². The molecule has 2 atom stereocenters. The zero-order chi connectivity index (χ0) is 12.4. The van der Waals surface area contributed by atoms with Gasteiger partial charge in [0.1, 0.15) is 0 Å². The van der Waals surface area contributed by atoms with Crippen LogP contribution in [-0.2, 0) is 6.42 Å². The molecule has 2 aliphatic carbocycles. The van der Waals surface area contributed by atoms with Crippen molar-refractivity contribution < 1.29 is 0 Å². The van der Waals surface area contributed by atoms with Gasteiger partial charge < -0.3 is 5.32 Å². The second-order valence-corrected chi connectivity index (χ2v) is 7.15. The third kappa shape index (κ3) is 2.46. The fourth-order valence-electron chi connectivity index (χ4n) is 3.47. The molecule has 18 heavy (non-hydrogen) atoms. The fraction of sp³-hybridized carbons (Fsp3) is 0.625. The molecule has 0 aliphatic heterocycles. The lowest BCUT2D eigenvalue weighted by atomic mass is 10.0. The molecule has 0 amide bonds. The molecule has 2 aliphatic rings. The molecular weight excluding hydrogens is 238 g/mol. The predicted octanol–water partition coefficient (Wildman–Crippen LogP) is 3.94. The quantitative estimate of drug-likeness (QED) is 0.884. The van der Waals surface area contributed by atoms with Crippen LogP contribution in [0.25, 0.3) is 0 Å². The SMILES string of the molecule is CNC1c2ccccc2CC1SC1CCCCC1. The number of hydrogen-bond acceptors (Lipinski definition) is 2. The Morgan fingerprint density at radius 2 is 1.89 bits per heavy atom. The minimum absolute atomic E-state index is 0.563. The lowest BCUT2D eigenvalue weighted by Crippen LogP contribution is -2.26. The summed E-state index contributed by atoms with van der Waals surface area (Å²) in [6.45, 7) is 0. The molecule has 0 spiro atoms. The molecule has 1 fully saturated rings. The highest BCUT2D eigenvalue weighted by Gasteiger charge is 2.33. The van der Waals surface area contributed by atoms with Gasteiger partial charge in [-0.25, -0.2) is 0 Å². The minimum atomic E-state index is 0.563. The van der Waals surface area contributed by atoms with Gasteiger partial charge in [-0.15, -0.1) is 0 Å². The van der Waals surface area contributed by atoms with Crippen molar-refractivity contribution in [1.29, 1.82) is 0 Å². The van der Waals surface area contributed by atoms with Gasteiger partial charge in [0.25, 0.3) is 0 Å². The molecule has 0 saturated heterocycles. The summed E-state index contributed by atoms with van der Waals surface area (Å²) in [5, 5.41) is 5.20. The summed E-state index contributed by atoms with van der Waals surface area (Å²) >= 11 is 2.25. The average molecular weight is 261 g/mol. The minimum Gasteiger partial charge on any atom is -0.312 e. The standard InChI is InChI=1S/C16H23NS/c1-17-16-14-10-6-5-7-12(14)11-15(16)18-13-8-3-2-4-9-13/h5-7,10,13,15-17H,2-4,8-9,11H2,1H3. The zero-order valence-corrected chi connectivity index (χ0v) is 12.0. The smallest absolute Gasteiger partial charge is 0.0444 e. The summed E-state index contributed by atoms with van der Waals surface area (Å²) in [5.74, 6) is 0. The monoisotopic (exact) mass is 261 g/mol. The largest absolute Gasteiger partial charge is 0.312 e. The van der Waals surface area contributed by atoms with Crippen molar-refractivity contribution in [3.05, 3.63) is 35.4 Å². The molecule has 0 aromatic heterocycles. The van der Waals surface area contributed by atoms with Gasteiger partial charge in [0.05, 0.1) is 0 Å². The van der Waals surface area contributed by atoms with E-state index in [0.29, 0.717) is 6.04 Å². The van der Waals surface area contributed by atoms with Crippen LogP contribution < -0.4 is 5.32 Å². The summed E-state index contributed by atoms with van der Waals surface area (Å²) < 4.78 is 0. The Labute approximate surface area is 115 Å². The van der Waals surface area contributed by atoms with Crippen LogP contribution in [0.15, 0.2) is 24.3 Å². The Bertz CT molecular complexity index is 398. The molecule has 0 bridgehead atoms. The van der Waals surface area contributed by atoms with Gasteiger partial charge in [-0.1, -0.05) is 43.5 Å². The molecule has 1 nitrogen and oxygen atoms in total. The van der Waals surface area contributed by atoms with Gasteiger partial charge in [0.2, 0.25) is 0 Å². The maximum atomic E-state index is 3.54. The molecular formula is C16H23NS. The zero-order valence-electron chi connectivity index (χ0n) is 11.2. The van der Waals surface area contributed by atoms with E-state index in [1.165, 1.54) is 44.1 Å². The van der Waals surface area contributed by atoms with Gasteiger partial charge >= 0.3 is 0 Å². The van der Waals surface area contributed by atoms with Crippen LogP contribution in [0.3, 0.4) is 0 Å². The maximum absolute atomic E-state index is 3.54. The van der Waals surface area contributed by atoms with Crippen molar-refractivity contribution in [2.45, 2.75) is 55.1 Å². The molecule has 2 heteroatoms. The van der Waals surface area contributed by atoms with E-state index in [2.05, 4.69) is 48.4 Å². The molecule has 0 heterocycles. The van der Waals surface area contributed by atoms with E-state index in [1.807, 2.05) is 0 Å². The van der Waals surface area contributed by atoms with Crippen molar-refractivity contribution in [3.8, 4) is 0 Å². The maximum Gasteiger partial charge on any atom is 0.0444 e. The van der Waals surface area contributed by atoms with Crippen molar-refractivity contribution in [3.63, 3.8) is 0 Å². The predicted molar refractivity (Wildman–Crippen MR) is 80.2 cm³/mol. The van der Waals surface area contributed by atoms with Crippen LogP contribution >= 0.6 is 11.8 Å². The first-order valence-corrected chi connectivity index (χ1v) is 8.23. The lowest BCUT2D eigenvalue weighted by Gasteiger charge is -2.27. The number of nitrogens with one attached hydrogen (secondary N) is 1. The van der Waals surface area contributed by atoms with E-state index in [4.69, 9.17) is 0 Å². The first-order valence-electron chi connectivity index (χ1n) is 7.29. The molecule has 2 unspecified atom stereocenters. The highest BCUT2D eigenvalue weighted by Crippen LogP contribution is 2.42. The summed E-state index contributed by atoms with van der Waals surface area (Å²) in [6.07, 6.45) is 8.48. The Kier molecular flexibility index (Phi) is 3.95. The van der Waals surface area contributed by atoms with E-state index >= 15 is 0 Å². The molecule has 1 saturated carbocycles. The van der Waals surface area contributed by atoms with Crippen molar-refractivity contribution >= 4 is 11.8 Å². The van der Waals surface area contributed by atoms with Crippen molar-refractivity contribution in [2.75, 3.05) is 7.05 Å². The van der Waals surface area contributed by atoms with Crippen LogP contribution in [0.5, 0.6) is 0 Å². The first-order chi connectivity index (χ1) is 8.88. The van der Waals surface area contributed by atoms with Crippen LogP contribution in [0.2, 0.25) is 0 Å². The normalized spacial score (nSPS) is 28.3. The van der Waals surface area contributed by atoms with Gasteiger partial charge in [0.15, 0.2) is 0 Å². The molecule has 1 aromatic carbocycles. The molecule has 0 radical (unpaired) electrons. The van der Waals surface area contributed by atoms with Gasteiger partial charge in [-0.05, 0) is 37.4 Å². The Hall–Kier alpha value is -0.470. The summed E-state index contributed by atoms with van der Waals surface area (Å²) in [4.78, 5) is 0. The van der Waals surface area contributed by atoms with Crippen molar-refractivity contribution in [1.82, 2.24) is 5.32 Å². The molecule has 1 N–H and O–H groups in total. The second-order valence-electron chi connectivity index (χ2n) is 5.60. The summed E-state index contributed by atoms with van der Waals surface area (Å²) in [6, 6.07) is 9.53. The van der Waals surface area contributed by atoms with Crippen LogP contribution in [0, 0.1) is 0 Å². The highest BCUT2D eigenvalue weighted by molar-refractivity contribution is 8.00. The van der Waals surface area contributed by atoms with Crippen LogP contribution in [0.1, 0.15) is 49.3 Å². The molecule has 98 valence electrons. The van der Waals surface area contributed by atoms with E-state index in [1.54, 1.807) is 5.56 Å².